The lowest BCUT2D eigenvalue weighted by Crippen LogP contribution is -2.01. The van der Waals surface area contributed by atoms with Crippen LogP contribution in [0.4, 0.5) is 5.95 Å². The Morgan fingerprint density at radius 2 is 2.25 bits per heavy atom. The molecular formula is C14H15N5O. The molecule has 3 aromatic heterocycles. The maximum Gasteiger partial charge on any atom is 0.222 e. The number of allylic oxidation sites excluding steroid dienone is 2. The van der Waals surface area contributed by atoms with E-state index in [0.29, 0.717) is 29.2 Å². The summed E-state index contributed by atoms with van der Waals surface area (Å²) in [5, 5.41) is 0. The van der Waals surface area contributed by atoms with Gasteiger partial charge in [0.15, 0.2) is 11.4 Å². The number of hydrogen-bond donors (Lipinski definition) is 1. The van der Waals surface area contributed by atoms with Gasteiger partial charge in [0.2, 0.25) is 5.95 Å². The van der Waals surface area contributed by atoms with Gasteiger partial charge >= 0.3 is 0 Å². The molecule has 0 aliphatic heterocycles. The lowest BCUT2D eigenvalue weighted by Gasteiger charge is -2.03. The monoisotopic (exact) mass is 269 g/mol. The van der Waals surface area contributed by atoms with Crippen LogP contribution in [-0.2, 0) is 6.54 Å². The van der Waals surface area contributed by atoms with Crippen molar-refractivity contribution in [3.8, 4) is 11.5 Å². The Hall–Kier alpha value is -2.63. The smallest absolute Gasteiger partial charge is 0.222 e. The molecule has 0 saturated carbocycles. The molecule has 0 amide bonds. The average Bonchev–Trinajstić information content (AvgIpc) is 3.05. The molecule has 0 unspecified atom stereocenters. The van der Waals surface area contributed by atoms with Gasteiger partial charge in [-0.3, -0.25) is 0 Å². The van der Waals surface area contributed by atoms with Gasteiger partial charge in [-0.25, -0.2) is 9.97 Å². The maximum absolute atomic E-state index is 5.79. The Labute approximate surface area is 116 Å². The molecule has 0 aromatic carbocycles. The van der Waals surface area contributed by atoms with Gasteiger partial charge in [-0.1, -0.05) is 11.6 Å². The van der Waals surface area contributed by atoms with Crippen LogP contribution in [-0.4, -0.2) is 19.5 Å². The molecule has 0 atom stereocenters. The highest BCUT2D eigenvalue weighted by atomic mass is 16.3. The van der Waals surface area contributed by atoms with Crippen molar-refractivity contribution in [1.82, 2.24) is 19.5 Å². The largest absolute Gasteiger partial charge is 0.463 e. The minimum Gasteiger partial charge on any atom is -0.463 e. The molecule has 0 bridgehead atoms. The third-order valence-electron chi connectivity index (χ3n) is 2.93. The number of nitrogens with zero attached hydrogens (tertiary/aromatic N) is 4. The fourth-order valence-corrected chi connectivity index (χ4v) is 1.96. The summed E-state index contributed by atoms with van der Waals surface area (Å²) in [6.45, 7) is 4.81. The predicted molar refractivity (Wildman–Crippen MR) is 76.9 cm³/mol. The van der Waals surface area contributed by atoms with Crippen LogP contribution >= 0.6 is 0 Å². The Bertz CT molecular complexity index is 766. The van der Waals surface area contributed by atoms with Crippen molar-refractivity contribution in [2.75, 3.05) is 5.73 Å². The Kier molecular flexibility index (Phi) is 2.98. The summed E-state index contributed by atoms with van der Waals surface area (Å²) >= 11 is 0. The van der Waals surface area contributed by atoms with Gasteiger partial charge in [0.05, 0.1) is 12.6 Å². The van der Waals surface area contributed by atoms with E-state index >= 15 is 0 Å². The molecule has 0 spiro atoms. The zero-order valence-electron chi connectivity index (χ0n) is 11.4. The first-order chi connectivity index (χ1) is 9.65. The van der Waals surface area contributed by atoms with E-state index in [4.69, 9.17) is 10.2 Å². The summed E-state index contributed by atoms with van der Waals surface area (Å²) in [7, 11) is 0. The molecule has 0 saturated heterocycles. The van der Waals surface area contributed by atoms with E-state index in [2.05, 4.69) is 34.9 Å². The highest BCUT2D eigenvalue weighted by molar-refractivity contribution is 5.86. The molecule has 2 N–H and O–H groups in total. The zero-order valence-corrected chi connectivity index (χ0v) is 11.4. The van der Waals surface area contributed by atoms with Crippen molar-refractivity contribution in [3.05, 3.63) is 36.4 Å². The lowest BCUT2D eigenvalue weighted by atomic mass is 10.3. The molecule has 102 valence electrons. The first kappa shape index (κ1) is 12.4. The van der Waals surface area contributed by atoms with E-state index in [1.807, 2.05) is 10.6 Å². The molecule has 6 nitrogen and oxygen atoms in total. The SMILES string of the molecule is CC(C)=CCn1cnc2c(-c3ccco3)nc(N)nc21. The van der Waals surface area contributed by atoms with Crippen LogP contribution in [0.1, 0.15) is 13.8 Å². The van der Waals surface area contributed by atoms with E-state index in [0.717, 1.165) is 0 Å². The van der Waals surface area contributed by atoms with Crippen LogP contribution in [0.3, 0.4) is 0 Å². The van der Waals surface area contributed by atoms with Crippen LogP contribution in [0.5, 0.6) is 0 Å². The van der Waals surface area contributed by atoms with Crippen LogP contribution in [0.2, 0.25) is 0 Å². The Morgan fingerprint density at radius 1 is 1.40 bits per heavy atom. The second-order valence-corrected chi connectivity index (χ2v) is 4.76. The second kappa shape index (κ2) is 4.80. The van der Waals surface area contributed by atoms with Crippen molar-refractivity contribution in [3.63, 3.8) is 0 Å². The number of nitrogens with two attached hydrogens (primary N) is 1. The van der Waals surface area contributed by atoms with Crippen molar-refractivity contribution in [2.45, 2.75) is 20.4 Å². The molecule has 0 aliphatic rings. The van der Waals surface area contributed by atoms with Crippen molar-refractivity contribution in [2.24, 2.45) is 0 Å². The van der Waals surface area contributed by atoms with Gasteiger partial charge in [-0.2, -0.15) is 4.98 Å². The first-order valence-corrected chi connectivity index (χ1v) is 6.31. The van der Waals surface area contributed by atoms with Gasteiger partial charge in [0, 0.05) is 6.54 Å². The Morgan fingerprint density at radius 3 is 2.95 bits per heavy atom. The van der Waals surface area contributed by atoms with Gasteiger partial charge < -0.3 is 14.7 Å². The summed E-state index contributed by atoms with van der Waals surface area (Å²) in [5.41, 5.74) is 9.05. The third-order valence-corrected chi connectivity index (χ3v) is 2.93. The van der Waals surface area contributed by atoms with E-state index in [1.165, 1.54) is 5.57 Å². The minimum absolute atomic E-state index is 0.211. The highest BCUT2D eigenvalue weighted by Gasteiger charge is 2.15. The van der Waals surface area contributed by atoms with Crippen LogP contribution in [0.15, 0.2) is 40.8 Å². The summed E-state index contributed by atoms with van der Waals surface area (Å²) < 4.78 is 7.32. The van der Waals surface area contributed by atoms with Gasteiger partial charge in [-0.15, -0.1) is 0 Å². The van der Waals surface area contributed by atoms with E-state index < -0.39 is 0 Å². The Balaban J connectivity index is 2.17. The molecular weight excluding hydrogens is 254 g/mol. The number of rotatable bonds is 3. The molecule has 3 heterocycles. The molecule has 0 aliphatic carbocycles. The third kappa shape index (κ3) is 2.16. The maximum atomic E-state index is 5.79. The summed E-state index contributed by atoms with van der Waals surface area (Å²) in [6, 6.07) is 3.63. The number of aromatic nitrogens is 4. The lowest BCUT2D eigenvalue weighted by molar-refractivity contribution is 0.580. The van der Waals surface area contributed by atoms with E-state index in [-0.39, 0.29) is 5.95 Å². The minimum atomic E-state index is 0.211. The second-order valence-electron chi connectivity index (χ2n) is 4.76. The molecule has 0 radical (unpaired) electrons. The van der Waals surface area contributed by atoms with Crippen molar-refractivity contribution < 1.29 is 4.42 Å². The molecule has 3 aromatic rings. The normalized spacial score (nSPS) is 10.9. The van der Waals surface area contributed by atoms with Crippen LogP contribution < -0.4 is 5.73 Å². The van der Waals surface area contributed by atoms with Crippen LogP contribution in [0.25, 0.3) is 22.6 Å². The van der Waals surface area contributed by atoms with Gasteiger partial charge in [0.1, 0.15) is 11.2 Å². The summed E-state index contributed by atoms with van der Waals surface area (Å²) in [5.74, 6) is 0.847. The summed E-state index contributed by atoms with van der Waals surface area (Å²) in [6.07, 6.45) is 5.44. The quantitative estimate of drug-likeness (QED) is 0.739. The van der Waals surface area contributed by atoms with Crippen LogP contribution in [0, 0.1) is 0 Å². The number of fused-ring (bicyclic) bond motifs is 1. The number of imidazole rings is 1. The fourth-order valence-electron chi connectivity index (χ4n) is 1.96. The van der Waals surface area contributed by atoms with Gasteiger partial charge in [-0.05, 0) is 26.0 Å². The number of anilines is 1. The van der Waals surface area contributed by atoms with Gasteiger partial charge in [0.25, 0.3) is 0 Å². The standard InChI is InChI=1S/C14H15N5O/c1-9(2)5-6-19-8-16-12-11(10-4-3-7-20-10)17-14(15)18-13(12)19/h3-5,7-8H,6H2,1-2H3,(H2,15,17,18). The fraction of sp³-hybridized carbons (Fsp3) is 0.214. The zero-order chi connectivity index (χ0) is 14.1. The van der Waals surface area contributed by atoms with E-state index in [9.17, 15) is 0 Å². The summed E-state index contributed by atoms with van der Waals surface area (Å²) in [4.78, 5) is 12.9. The molecule has 6 heteroatoms. The number of nitrogen functional groups attached to an aromatic ring is 1. The first-order valence-electron chi connectivity index (χ1n) is 6.31. The van der Waals surface area contributed by atoms with E-state index in [1.54, 1.807) is 18.7 Å². The predicted octanol–water partition coefficient (Wildman–Crippen LogP) is 2.63. The number of furan rings is 1. The highest BCUT2D eigenvalue weighted by Crippen LogP contribution is 2.25. The van der Waals surface area contributed by atoms with Crippen molar-refractivity contribution >= 4 is 17.1 Å². The molecule has 20 heavy (non-hydrogen) atoms. The topological polar surface area (TPSA) is 82.8 Å². The van der Waals surface area contributed by atoms with Crippen molar-refractivity contribution in [1.29, 1.82) is 0 Å². The molecule has 0 fully saturated rings. The number of hydrogen-bond acceptors (Lipinski definition) is 5. The molecule has 3 rings (SSSR count). The average molecular weight is 269 g/mol.